The zero-order chi connectivity index (χ0) is 18.5. The number of hydrogen-bond donors (Lipinski definition) is 1. The van der Waals surface area contributed by atoms with Gasteiger partial charge in [0.05, 0.1) is 19.3 Å². The molecular formula is C20H20ClN3O2. The Morgan fingerprint density at radius 3 is 2.54 bits per heavy atom. The number of oxazole rings is 1. The van der Waals surface area contributed by atoms with Crippen molar-refractivity contribution in [2.75, 3.05) is 18.9 Å². The number of anilines is 1. The molecule has 134 valence electrons. The van der Waals surface area contributed by atoms with Crippen LogP contribution in [0.3, 0.4) is 0 Å². The lowest BCUT2D eigenvalue weighted by Crippen LogP contribution is -2.29. The third-order valence-electron chi connectivity index (χ3n) is 3.84. The topological polar surface area (TPSA) is 58.4 Å². The van der Waals surface area contributed by atoms with Crippen LogP contribution in [0.1, 0.15) is 11.5 Å². The second-order valence-electron chi connectivity index (χ2n) is 6.21. The first-order valence-electron chi connectivity index (χ1n) is 8.25. The van der Waals surface area contributed by atoms with Gasteiger partial charge in [-0.15, -0.1) is 0 Å². The Morgan fingerprint density at radius 1 is 1.15 bits per heavy atom. The van der Waals surface area contributed by atoms with Crippen molar-refractivity contribution in [3.63, 3.8) is 0 Å². The summed E-state index contributed by atoms with van der Waals surface area (Å²) >= 11 is 5.90. The molecule has 1 N–H and O–H groups in total. The minimum Gasteiger partial charge on any atom is -0.439 e. The van der Waals surface area contributed by atoms with Crippen molar-refractivity contribution in [3.05, 3.63) is 71.2 Å². The minimum absolute atomic E-state index is 0.0826. The third kappa shape index (κ3) is 4.94. The van der Waals surface area contributed by atoms with E-state index in [1.54, 1.807) is 18.3 Å². The van der Waals surface area contributed by atoms with Gasteiger partial charge < -0.3 is 9.73 Å². The van der Waals surface area contributed by atoms with Crippen LogP contribution in [0, 0.1) is 6.92 Å². The lowest BCUT2D eigenvalue weighted by molar-refractivity contribution is -0.117. The lowest BCUT2D eigenvalue weighted by Gasteiger charge is -2.14. The second kappa shape index (κ2) is 8.17. The number of benzene rings is 2. The largest absolute Gasteiger partial charge is 0.439 e. The molecule has 3 aromatic rings. The first kappa shape index (κ1) is 18.2. The van der Waals surface area contributed by atoms with Crippen LogP contribution in [0.2, 0.25) is 5.02 Å². The molecule has 0 fully saturated rings. The molecule has 2 aromatic carbocycles. The highest BCUT2D eigenvalue weighted by atomic mass is 35.5. The van der Waals surface area contributed by atoms with E-state index in [2.05, 4.69) is 10.3 Å². The van der Waals surface area contributed by atoms with Crippen molar-refractivity contribution in [1.82, 2.24) is 9.88 Å². The number of likely N-dealkylation sites (N-methyl/N-ethyl adjacent to an activating group) is 1. The Bertz CT molecular complexity index is 873. The molecule has 0 saturated carbocycles. The zero-order valence-corrected chi connectivity index (χ0v) is 15.5. The van der Waals surface area contributed by atoms with Crippen LogP contribution in [-0.2, 0) is 11.3 Å². The van der Waals surface area contributed by atoms with Crippen molar-refractivity contribution < 1.29 is 9.21 Å². The molecule has 26 heavy (non-hydrogen) atoms. The number of amides is 1. The van der Waals surface area contributed by atoms with Gasteiger partial charge in [-0.25, -0.2) is 4.98 Å². The van der Waals surface area contributed by atoms with Crippen molar-refractivity contribution in [2.24, 2.45) is 0 Å². The number of aromatic nitrogens is 1. The first-order chi connectivity index (χ1) is 12.5. The molecule has 0 saturated heterocycles. The van der Waals surface area contributed by atoms with Gasteiger partial charge in [0.15, 0.2) is 5.76 Å². The molecule has 0 atom stereocenters. The van der Waals surface area contributed by atoms with E-state index in [9.17, 15) is 4.79 Å². The number of aryl methyl sites for hydroxylation is 1. The van der Waals surface area contributed by atoms with E-state index in [1.807, 2.05) is 55.3 Å². The molecule has 1 heterocycles. The van der Waals surface area contributed by atoms with Crippen molar-refractivity contribution in [3.8, 4) is 11.3 Å². The van der Waals surface area contributed by atoms with Gasteiger partial charge in [-0.3, -0.25) is 9.69 Å². The number of hydrogen-bond acceptors (Lipinski definition) is 4. The number of rotatable bonds is 6. The molecular weight excluding hydrogens is 350 g/mol. The van der Waals surface area contributed by atoms with Crippen molar-refractivity contribution in [1.29, 1.82) is 0 Å². The Balaban J connectivity index is 1.54. The molecule has 0 spiro atoms. The summed E-state index contributed by atoms with van der Waals surface area (Å²) < 4.78 is 5.77. The molecule has 0 aliphatic rings. The molecule has 0 aliphatic carbocycles. The summed E-state index contributed by atoms with van der Waals surface area (Å²) in [6.45, 7) is 2.69. The maximum Gasteiger partial charge on any atom is 0.238 e. The molecule has 1 amide bonds. The van der Waals surface area contributed by atoms with Gasteiger partial charge in [0, 0.05) is 16.3 Å². The van der Waals surface area contributed by atoms with Crippen LogP contribution >= 0.6 is 11.6 Å². The van der Waals surface area contributed by atoms with Crippen LogP contribution < -0.4 is 5.32 Å². The zero-order valence-electron chi connectivity index (χ0n) is 14.7. The number of nitrogens with one attached hydrogen (secondary N) is 1. The van der Waals surface area contributed by atoms with Gasteiger partial charge in [-0.1, -0.05) is 29.3 Å². The maximum atomic E-state index is 12.1. The number of carbonyl (C=O) groups excluding carboxylic acids is 1. The Labute approximate surface area is 157 Å². The summed E-state index contributed by atoms with van der Waals surface area (Å²) in [5.41, 5.74) is 2.85. The van der Waals surface area contributed by atoms with Crippen LogP contribution in [0.4, 0.5) is 5.69 Å². The average Bonchev–Trinajstić information content (AvgIpc) is 3.05. The third-order valence-corrected chi connectivity index (χ3v) is 4.09. The highest BCUT2D eigenvalue weighted by molar-refractivity contribution is 6.30. The van der Waals surface area contributed by atoms with Gasteiger partial charge in [0.1, 0.15) is 0 Å². The van der Waals surface area contributed by atoms with E-state index in [1.165, 1.54) is 0 Å². The first-order valence-corrected chi connectivity index (χ1v) is 8.63. The molecule has 0 aliphatic heterocycles. The van der Waals surface area contributed by atoms with E-state index in [0.29, 0.717) is 23.2 Å². The fraction of sp³-hybridized carbons (Fsp3) is 0.200. The van der Waals surface area contributed by atoms with E-state index in [-0.39, 0.29) is 12.5 Å². The predicted molar refractivity (Wildman–Crippen MR) is 103 cm³/mol. The van der Waals surface area contributed by atoms with E-state index < -0.39 is 0 Å². The smallest absolute Gasteiger partial charge is 0.238 e. The summed E-state index contributed by atoms with van der Waals surface area (Å²) in [6.07, 6.45) is 1.68. The molecule has 0 radical (unpaired) electrons. The number of nitrogens with zero attached hydrogens (tertiary/aromatic N) is 2. The van der Waals surface area contributed by atoms with Gasteiger partial charge in [0.25, 0.3) is 0 Å². The fourth-order valence-electron chi connectivity index (χ4n) is 2.50. The molecule has 0 unspecified atom stereocenters. The van der Waals surface area contributed by atoms with Crippen molar-refractivity contribution >= 4 is 23.2 Å². The Morgan fingerprint density at radius 2 is 1.85 bits per heavy atom. The monoisotopic (exact) mass is 369 g/mol. The Kier molecular flexibility index (Phi) is 5.71. The predicted octanol–water partition coefficient (Wildman–Crippen LogP) is 4.37. The summed E-state index contributed by atoms with van der Waals surface area (Å²) in [7, 11) is 1.85. The fourth-order valence-corrected chi connectivity index (χ4v) is 2.63. The molecule has 0 bridgehead atoms. The quantitative estimate of drug-likeness (QED) is 0.700. The summed E-state index contributed by atoms with van der Waals surface area (Å²) in [5, 5.41) is 3.55. The molecule has 5 nitrogen and oxygen atoms in total. The SMILES string of the molecule is Cc1ccc(NC(=O)CN(C)Cc2ncc(-c3ccc(Cl)cc3)o2)cc1. The maximum absolute atomic E-state index is 12.1. The van der Waals surface area contributed by atoms with Crippen LogP contribution in [0.5, 0.6) is 0 Å². The van der Waals surface area contributed by atoms with Crippen molar-refractivity contribution in [2.45, 2.75) is 13.5 Å². The lowest BCUT2D eigenvalue weighted by atomic mass is 10.2. The summed E-state index contributed by atoms with van der Waals surface area (Å²) in [5.74, 6) is 1.15. The van der Waals surface area contributed by atoms with Crippen LogP contribution in [0.15, 0.2) is 59.1 Å². The standard InChI is InChI=1S/C20H20ClN3O2/c1-14-3-9-17(10-4-14)23-19(25)12-24(2)13-20-22-11-18(26-20)15-5-7-16(21)8-6-15/h3-11H,12-13H2,1-2H3,(H,23,25). The second-order valence-corrected chi connectivity index (χ2v) is 6.65. The van der Waals surface area contributed by atoms with E-state index in [4.69, 9.17) is 16.0 Å². The van der Waals surface area contributed by atoms with Gasteiger partial charge >= 0.3 is 0 Å². The van der Waals surface area contributed by atoms with Gasteiger partial charge in [-0.05, 0) is 50.4 Å². The molecule has 3 rings (SSSR count). The highest BCUT2D eigenvalue weighted by Gasteiger charge is 2.12. The average molecular weight is 370 g/mol. The van der Waals surface area contributed by atoms with Crippen LogP contribution in [0.25, 0.3) is 11.3 Å². The summed E-state index contributed by atoms with van der Waals surface area (Å²) in [4.78, 5) is 18.3. The molecule has 6 heteroatoms. The van der Waals surface area contributed by atoms with Gasteiger partial charge in [-0.2, -0.15) is 0 Å². The van der Waals surface area contributed by atoms with Gasteiger partial charge in [0.2, 0.25) is 11.8 Å². The van der Waals surface area contributed by atoms with E-state index in [0.717, 1.165) is 16.8 Å². The number of carbonyl (C=O) groups is 1. The number of halogens is 1. The molecule has 1 aromatic heterocycles. The Hall–Kier alpha value is -2.63. The minimum atomic E-state index is -0.0826. The summed E-state index contributed by atoms with van der Waals surface area (Å²) in [6, 6.07) is 15.1. The van der Waals surface area contributed by atoms with E-state index >= 15 is 0 Å². The normalized spacial score (nSPS) is 10.9. The highest BCUT2D eigenvalue weighted by Crippen LogP contribution is 2.22. The van der Waals surface area contributed by atoms with Crippen LogP contribution in [-0.4, -0.2) is 29.4 Å².